The summed E-state index contributed by atoms with van der Waals surface area (Å²) in [7, 11) is -26.7. The molecule has 0 aromatic carbocycles. The van der Waals surface area contributed by atoms with Crippen molar-refractivity contribution in [2.45, 2.75) is 131 Å². The highest BCUT2D eigenvalue weighted by molar-refractivity contribution is 6.92. The van der Waals surface area contributed by atoms with Gasteiger partial charge < -0.3 is 46.6 Å². The van der Waals surface area contributed by atoms with E-state index in [-0.39, 0.29) is 0 Å². The van der Waals surface area contributed by atoms with E-state index >= 15 is 0 Å². The van der Waals surface area contributed by atoms with Gasteiger partial charge in [0.1, 0.15) is 0 Å². The summed E-state index contributed by atoms with van der Waals surface area (Å²) in [6, 6.07) is 0. The van der Waals surface area contributed by atoms with Crippen LogP contribution in [0.1, 0.15) is 0 Å². The molecular weight excluding hydrogens is 697 g/mol. The van der Waals surface area contributed by atoms with Crippen molar-refractivity contribution in [3.63, 3.8) is 0 Å². The zero-order valence-corrected chi connectivity index (χ0v) is 39.6. The second-order valence-electron chi connectivity index (χ2n) is 15.0. The van der Waals surface area contributed by atoms with Gasteiger partial charge in [-0.15, -0.1) is 0 Å². The Morgan fingerprint density at radius 3 is 0.415 bits per heavy atom. The SMILES string of the molecule is C[Si](C)(O)O[Si](C)(C)O[Si](C)(C)O[Si](C)(C)O[Si](C)(C)O[Si](C)(C)O[Si](C)(C)O[Si](C)(C)O[Si](C)(C)O[Si](C)(C)O. The predicted octanol–water partition coefficient (Wildman–Crippen LogP) is 6.14. The van der Waals surface area contributed by atoms with Crippen LogP contribution >= 0.6 is 0 Å². The molecule has 21 heteroatoms. The minimum Gasteiger partial charge on any atom is -0.416 e. The Morgan fingerprint density at radius 1 is 0.220 bits per heavy atom. The summed E-state index contributed by atoms with van der Waals surface area (Å²) in [6.07, 6.45) is 0. The number of hydrogen-bond acceptors (Lipinski definition) is 11. The fourth-order valence-corrected chi connectivity index (χ4v) is 52.6. The van der Waals surface area contributed by atoms with Gasteiger partial charge in [0.15, 0.2) is 0 Å². The van der Waals surface area contributed by atoms with Crippen LogP contribution in [-0.2, 0) is 37.0 Å². The summed E-state index contributed by atoms with van der Waals surface area (Å²) in [6.45, 7) is 38.8. The number of hydrogen-bond donors (Lipinski definition) is 2. The highest BCUT2D eigenvalue weighted by Gasteiger charge is 2.50. The monoisotopic (exact) mass is 758 g/mol. The van der Waals surface area contributed by atoms with Crippen LogP contribution in [0.15, 0.2) is 0 Å². The molecule has 41 heavy (non-hydrogen) atoms. The molecular formula is C20H62O11Si10. The van der Waals surface area contributed by atoms with Crippen LogP contribution in [0, 0.1) is 0 Å². The van der Waals surface area contributed by atoms with Gasteiger partial charge in [0.05, 0.1) is 0 Å². The Labute approximate surface area is 262 Å². The molecule has 0 saturated heterocycles. The van der Waals surface area contributed by atoms with E-state index in [1.807, 2.05) is 105 Å². The van der Waals surface area contributed by atoms with E-state index in [0.717, 1.165) is 0 Å². The molecule has 248 valence electrons. The highest BCUT2D eigenvalue weighted by Crippen LogP contribution is 2.30. The van der Waals surface area contributed by atoms with Gasteiger partial charge in [0.2, 0.25) is 0 Å². The average Bonchev–Trinajstić information content (AvgIpc) is 2.37. The summed E-state index contributed by atoms with van der Waals surface area (Å²) >= 11 is 0. The van der Waals surface area contributed by atoms with Crippen molar-refractivity contribution in [3.05, 3.63) is 0 Å². The molecule has 0 fully saturated rings. The minimum atomic E-state index is -2.74. The second kappa shape index (κ2) is 13.8. The maximum Gasteiger partial charge on any atom is 0.320 e. The molecule has 0 aromatic rings. The molecule has 0 saturated carbocycles. The standard InChI is InChI=1S/C20H62O11Si10/c1-32(2,21)23-34(5,6)25-36(9,10)27-38(13,14)29-40(17,18)31-41(19,20)30-39(15,16)28-37(11,12)26-35(7,8)24-33(3,4)22/h21-22H,1-20H3. The van der Waals surface area contributed by atoms with Gasteiger partial charge in [-0.2, -0.15) is 0 Å². The fraction of sp³-hybridized carbons (Fsp3) is 1.00. The van der Waals surface area contributed by atoms with Gasteiger partial charge in [0, 0.05) is 0 Å². The van der Waals surface area contributed by atoms with E-state index in [0.29, 0.717) is 0 Å². The first-order valence-electron chi connectivity index (χ1n) is 14.1. The van der Waals surface area contributed by atoms with Crippen LogP contribution in [0.2, 0.25) is 131 Å². The second-order valence-corrected chi connectivity index (χ2v) is 50.5. The molecule has 0 aliphatic heterocycles. The average molecular weight is 760 g/mol. The van der Waals surface area contributed by atoms with Crippen molar-refractivity contribution in [2.24, 2.45) is 0 Å². The van der Waals surface area contributed by atoms with Crippen LogP contribution in [0.25, 0.3) is 0 Å². The molecule has 0 aliphatic carbocycles. The van der Waals surface area contributed by atoms with Gasteiger partial charge in [-0.05, 0) is 131 Å². The molecule has 0 heterocycles. The Balaban J connectivity index is 5.43. The van der Waals surface area contributed by atoms with Crippen molar-refractivity contribution in [1.29, 1.82) is 0 Å². The predicted molar refractivity (Wildman–Crippen MR) is 189 cm³/mol. The summed E-state index contributed by atoms with van der Waals surface area (Å²) in [4.78, 5) is 20.5. The molecule has 0 aliphatic rings. The fourth-order valence-electron chi connectivity index (χ4n) is 5.51. The third-order valence-corrected chi connectivity index (χ3v) is 39.9. The largest absolute Gasteiger partial charge is 0.416 e. The first-order valence-corrected chi connectivity index (χ1v) is 42.4. The summed E-state index contributed by atoms with van der Waals surface area (Å²) in [5, 5.41) is 0. The summed E-state index contributed by atoms with van der Waals surface area (Å²) in [5.74, 6) is 0. The van der Waals surface area contributed by atoms with Crippen LogP contribution < -0.4 is 0 Å². The van der Waals surface area contributed by atoms with Crippen LogP contribution in [-0.4, -0.2) is 95.2 Å². The molecule has 0 unspecified atom stereocenters. The van der Waals surface area contributed by atoms with E-state index in [9.17, 15) is 9.59 Å². The van der Waals surface area contributed by atoms with Gasteiger partial charge in [-0.1, -0.05) is 0 Å². The third kappa shape index (κ3) is 21.2. The molecule has 0 rings (SSSR count). The quantitative estimate of drug-likeness (QED) is 0.157. The molecule has 0 bridgehead atoms. The summed E-state index contributed by atoms with van der Waals surface area (Å²) in [5.41, 5.74) is 0. The van der Waals surface area contributed by atoms with Gasteiger partial charge >= 0.3 is 85.6 Å². The van der Waals surface area contributed by atoms with Gasteiger partial charge in [0.25, 0.3) is 0 Å². The maximum atomic E-state index is 10.3. The minimum absolute atomic E-state index is 1.74. The Hall–Kier alpha value is 1.73. The first kappa shape index (κ1) is 42.7. The van der Waals surface area contributed by atoms with Crippen LogP contribution in [0.3, 0.4) is 0 Å². The summed E-state index contributed by atoms with van der Waals surface area (Å²) < 4.78 is 57.8. The van der Waals surface area contributed by atoms with Crippen molar-refractivity contribution in [3.8, 4) is 0 Å². The molecule has 0 atom stereocenters. The lowest BCUT2D eigenvalue weighted by Crippen LogP contribution is -2.62. The lowest BCUT2D eigenvalue weighted by Gasteiger charge is -2.44. The highest BCUT2D eigenvalue weighted by atomic mass is 28.5. The zero-order valence-electron chi connectivity index (χ0n) is 29.6. The Bertz CT molecular complexity index is 786. The molecule has 11 nitrogen and oxygen atoms in total. The molecule has 0 spiro atoms. The van der Waals surface area contributed by atoms with Crippen molar-refractivity contribution in [2.75, 3.05) is 0 Å². The van der Waals surface area contributed by atoms with E-state index < -0.39 is 85.6 Å². The van der Waals surface area contributed by atoms with E-state index in [1.165, 1.54) is 0 Å². The van der Waals surface area contributed by atoms with Gasteiger partial charge in [-0.3, -0.25) is 0 Å². The van der Waals surface area contributed by atoms with Crippen LogP contribution in [0.5, 0.6) is 0 Å². The smallest absolute Gasteiger partial charge is 0.320 e. The van der Waals surface area contributed by atoms with Crippen molar-refractivity contribution < 1.29 is 46.6 Å². The number of rotatable bonds is 18. The van der Waals surface area contributed by atoms with Crippen LogP contribution in [0.4, 0.5) is 0 Å². The zero-order chi connectivity index (χ0) is 33.4. The van der Waals surface area contributed by atoms with E-state index in [2.05, 4.69) is 0 Å². The molecule has 2 N–H and O–H groups in total. The van der Waals surface area contributed by atoms with Crippen molar-refractivity contribution >= 4 is 85.6 Å². The van der Waals surface area contributed by atoms with E-state index in [4.69, 9.17) is 37.0 Å². The molecule has 0 aromatic heterocycles. The Kier molecular flexibility index (Phi) is 14.4. The third-order valence-electron chi connectivity index (χ3n) is 4.43. The Morgan fingerprint density at radius 2 is 0.317 bits per heavy atom. The molecule has 0 radical (unpaired) electrons. The van der Waals surface area contributed by atoms with Gasteiger partial charge in [-0.25, -0.2) is 0 Å². The lowest BCUT2D eigenvalue weighted by atomic mass is 11.9. The first-order chi connectivity index (χ1) is 17.4. The van der Waals surface area contributed by atoms with E-state index in [1.54, 1.807) is 26.2 Å². The topological polar surface area (TPSA) is 124 Å². The lowest BCUT2D eigenvalue weighted by molar-refractivity contribution is 0.253. The maximum absolute atomic E-state index is 10.3. The normalized spacial score (nSPS) is 16.0. The van der Waals surface area contributed by atoms with Crippen molar-refractivity contribution in [1.82, 2.24) is 0 Å². The molecule has 0 amide bonds.